The van der Waals surface area contributed by atoms with E-state index in [9.17, 15) is 13.2 Å². The second kappa shape index (κ2) is 8.94. The van der Waals surface area contributed by atoms with E-state index in [4.69, 9.17) is 0 Å². The van der Waals surface area contributed by atoms with E-state index < -0.39 is 9.84 Å². The Morgan fingerprint density at radius 2 is 2.03 bits per heavy atom. The molecule has 1 atom stereocenters. The third-order valence-electron chi connectivity index (χ3n) is 5.49. The Morgan fingerprint density at radius 3 is 2.81 bits per heavy atom. The smallest absolute Gasteiger partial charge is 0.321 e. The van der Waals surface area contributed by atoms with Gasteiger partial charge in [0.05, 0.1) is 15.1 Å². The Bertz CT molecular complexity index is 1210. The number of nitrogens with one attached hydrogen (secondary N) is 2. The predicted molar refractivity (Wildman–Crippen MR) is 125 cm³/mol. The molecule has 0 aliphatic carbocycles. The lowest BCUT2D eigenvalue weighted by molar-refractivity contribution is 0.196. The zero-order valence-corrected chi connectivity index (χ0v) is 19.2. The molecule has 31 heavy (non-hydrogen) atoms. The van der Waals surface area contributed by atoms with E-state index in [0.717, 1.165) is 53.8 Å². The highest BCUT2D eigenvalue weighted by atomic mass is 32.2. The zero-order chi connectivity index (χ0) is 22.0. The number of piperidine rings is 1. The van der Waals surface area contributed by atoms with E-state index in [-0.39, 0.29) is 17.0 Å². The van der Waals surface area contributed by atoms with Crippen LogP contribution in [0, 0.1) is 0 Å². The minimum atomic E-state index is -3.27. The molecule has 0 bridgehead atoms. The zero-order valence-electron chi connectivity index (χ0n) is 17.6. The molecule has 3 aromatic rings. The van der Waals surface area contributed by atoms with Gasteiger partial charge in [0, 0.05) is 18.8 Å². The SMILES string of the molecule is CCN1CCCC(NC(=O)Nc2nc3ccc(-c4cccc(S(C)(=O)=O)c4)cc3s2)C1. The van der Waals surface area contributed by atoms with E-state index in [1.54, 1.807) is 18.2 Å². The van der Waals surface area contributed by atoms with Crippen LogP contribution in [0.5, 0.6) is 0 Å². The van der Waals surface area contributed by atoms with Gasteiger partial charge in [-0.15, -0.1) is 0 Å². The molecule has 2 aromatic carbocycles. The van der Waals surface area contributed by atoms with Gasteiger partial charge in [-0.1, -0.05) is 36.5 Å². The number of amides is 2. The molecule has 0 saturated carbocycles. The van der Waals surface area contributed by atoms with Crippen molar-refractivity contribution in [1.82, 2.24) is 15.2 Å². The number of carbonyl (C=O) groups is 1. The van der Waals surface area contributed by atoms with Gasteiger partial charge in [-0.2, -0.15) is 0 Å². The van der Waals surface area contributed by atoms with Gasteiger partial charge >= 0.3 is 6.03 Å². The number of rotatable bonds is 5. The molecule has 1 aliphatic rings. The summed E-state index contributed by atoms with van der Waals surface area (Å²) in [4.78, 5) is 19.6. The number of nitrogens with zero attached hydrogens (tertiary/aromatic N) is 2. The number of carbonyl (C=O) groups excluding carboxylic acids is 1. The first kappa shape index (κ1) is 21.7. The van der Waals surface area contributed by atoms with Gasteiger partial charge in [0.15, 0.2) is 15.0 Å². The first-order valence-electron chi connectivity index (χ1n) is 10.3. The lowest BCUT2D eigenvalue weighted by Crippen LogP contribution is -2.48. The number of fused-ring (bicyclic) bond motifs is 1. The highest BCUT2D eigenvalue weighted by Crippen LogP contribution is 2.31. The number of aromatic nitrogens is 1. The normalized spacial score (nSPS) is 17.5. The molecule has 1 aliphatic heterocycles. The monoisotopic (exact) mass is 458 g/mol. The van der Waals surface area contributed by atoms with E-state index in [2.05, 4.69) is 27.4 Å². The number of anilines is 1. The third-order valence-corrected chi connectivity index (χ3v) is 7.54. The van der Waals surface area contributed by atoms with E-state index in [1.807, 2.05) is 24.3 Å². The van der Waals surface area contributed by atoms with Gasteiger partial charge < -0.3 is 10.2 Å². The summed E-state index contributed by atoms with van der Waals surface area (Å²) in [5.41, 5.74) is 2.51. The molecule has 4 rings (SSSR count). The number of sulfone groups is 1. The van der Waals surface area contributed by atoms with Crippen molar-refractivity contribution < 1.29 is 13.2 Å². The molecule has 9 heteroatoms. The Morgan fingerprint density at radius 1 is 1.23 bits per heavy atom. The number of benzene rings is 2. The molecule has 0 spiro atoms. The van der Waals surface area contributed by atoms with Crippen LogP contribution in [0.15, 0.2) is 47.4 Å². The molecule has 1 aromatic heterocycles. The average Bonchev–Trinajstić information content (AvgIpc) is 3.14. The lowest BCUT2D eigenvalue weighted by atomic mass is 10.1. The van der Waals surface area contributed by atoms with E-state index >= 15 is 0 Å². The van der Waals surface area contributed by atoms with Crippen LogP contribution >= 0.6 is 11.3 Å². The molecular formula is C22H26N4O3S2. The molecule has 2 amide bonds. The Hall–Kier alpha value is -2.49. The molecule has 2 heterocycles. The maximum atomic E-state index is 12.4. The highest BCUT2D eigenvalue weighted by molar-refractivity contribution is 7.90. The topological polar surface area (TPSA) is 91.4 Å². The first-order valence-corrected chi connectivity index (χ1v) is 13.0. The maximum absolute atomic E-state index is 12.4. The summed E-state index contributed by atoms with van der Waals surface area (Å²) in [6, 6.07) is 12.6. The van der Waals surface area contributed by atoms with Crippen molar-refractivity contribution in [2.45, 2.75) is 30.7 Å². The number of thiazole rings is 1. The van der Waals surface area contributed by atoms with Crippen LogP contribution in [0.4, 0.5) is 9.93 Å². The minimum absolute atomic E-state index is 0.150. The van der Waals surface area contributed by atoms with Crippen molar-refractivity contribution in [2.24, 2.45) is 0 Å². The Balaban J connectivity index is 1.48. The van der Waals surface area contributed by atoms with Crippen LogP contribution in [0.3, 0.4) is 0 Å². The second-order valence-electron chi connectivity index (χ2n) is 7.83. The summed E-state index contributed by atoms with van der Waals surface area (Å²) < 4.78 is 24.6. The largest absolute Gasteiger partial charge is 0.334 e. The number of likely N-dealkylation sites (N-methyl/N-ethyl adjacent to an activating group) is 1. The summed E-state index contributed by atoms with van der Waals surface area (Å²) in [6.45, 7) is 5.09. The molecule has 1 fully saturated rings. The second-order valence-corrected chi connectivity index (χ2v) is 10.9. The Labute approximate surface area is 186 Å². The fourth-order valence-electron chi connectivity index (χ4n) is 3.84. The van der Waals surface area contributed by atoms with Gasteiger partial charge in [0.1, 0.15) is 0 Å². The van der Waals surface area contributed by atoms with Gasteiger partial charge in [-0.3, -0.25) is 5.32 Å². The summed E-state index contributed by atoms with van der Waals surface area (Å²) in [7, 11) is -3.27. The molecule has 0 radical (unpaired) electrons. The lowest BCUT2D eigenvalue weighted by Gasteiger charge is -2.32. The third kappa shape index (κ3) is 5.23. The van der Waals surface area contributed by atoms with Crippen LogP contribution in [0.2, 0.25) is 0 Å². The quantitative estimate of drug-likeness (QED) is 0.604. The van der Waals surface area contributed by atoms with Crippen molar-refractivity contribution in [2.75, 3.05) is 31.2 Å². The molecule has 1 unspecified atom stereocenters. The summed E-state index contributed by atoms with van der Waals surface area (Å²) in [5.74, 6) is 0. The maximum Gasteiger partial charge on any atom is 0.321 e. The number of likely N-dealkylation sites (tertiary alicyclic amines) is 1. The molecular weight excluding hydrogens is 432 g/mol. The van der Waals surface area contributed by atoms with Crippen molar-refractivity contribution in [3.8, 4) is 11.1 Å². The number of hydrogen-bond donors (Lipinski definition) is 2. The van der Waals surface area contributed by atoms with Crippen LogP contribution in [0.1, 0.15) is 19.8 Å². The van der Waals surface area contributed by atoms with Crippen LogP contribution in [-0.4, -0.2) is 56.3 Å². The first-order chi connectivity index (χ1) is 14.8. The predicted octanol–water partition coefficient (Wildman–Crippen LogP) is 3.97. The fraction of sp³-hybridized carbons (Fsp3) is 0.364. The van der Waals surface area contributed by atoms with Gasteiger partial charge in [0.25, 0.3) is 0 Å². The standard InChI is InChI=1S/C22H26N4O3S2/c1-3-26-11-5-7-17(14-26)23-21(27)25-22-24-19-10-9-16(13-20(19)30-22)15-6-4-8-18(12-15)31(2,28)29/h4,6,8-10,12-13,17H,3,5,7,11,14H2,1-2H3,(H2,23,24,25,27). The van der Waals surface area contributed by atoms with Crippen molar-refractivity contribution in [1.29, 1.82) is 0 Å². The highest BCUT2D eigenvalue weighted by Gasteiger charge is 2.20. The molecule has 2 N–H and O–H groups in total. The fourth-order valence-corrected chi connectivity index (χ4v) is 5.41. The molecule has 7 nitrogen and oxygen atoms in total. The Kier molecular flexibility index (Phi) is 6.27. The van der Waals surface area contributed by atoms with Crippen molar-refractivity contribution in [3.05, 3.63) is 42.5 Å². The van der Waals surface area contributed by atoms with E-state index in [0.29, 0.717) is 5.13 Å². The molecule has 1 saturated heterocycles. The summed E-state index contributed by atoms with van der Waals surface area (Å²) >= 11 is 1.40. The number of urea groups is 1. The van der Waals surface area contributed by atoms with E-state index in [1.165, 1.54) is 17.6 Å². The van der Waals surface area contributed by atoms with Gasteiger partial charge in [0.2, 0.25) is 0 Å². The summed E-state index contributed by atoms with van der Waals surface area (Å²) in [5, 5.41) is 6.45. The van der Waals surface area contributed by atoms with Crippen molar-refractivity contribution >= 4 is 42.6 Å². The van der Waals surface area contributed by atoms with Crippen molar-refractivity contribution in [3.63, 3.8) is 0 Å². The molecule has 164 valence electrons. The summed E-state index contributed by atoms with van der Waals surface area (Å²) in [6.07, 6.45) is 3.28. The van der Waals surface area contributed by atoms with Crippen LogP contribution in [0.25, 0.3) is 21.3 Å². The van der Waals surface area contributed by atoms with Gasteiger partial charge in [-0.05, 0) is 61.3 Å². The van der Waals surface area contributed by atoms with Gasteiger partial charge in [-0.25, -0.2) is 18.2 Å². The van der Waals surface area contributed by atoms with Crippen LogP contribution in [-0.2, 0) is 9.84 Å². The number of hydrogen-bond acceptors (Lipinski definition) is 6. The minimum Gasteiger partial charge on any atom is -0.334 e. The average molecular weight is 459 g/mol. The van der Waals surface area contributed by atoms with Crippen LogP contribution < -0.4 is 10.6 Å².